The zero-order valence-electron chi connectivity index (χ0n) is 9.20. The summed E-state index contributed by atoms with van der Waals surface area (Å²) in [6.45, 7) is 0. The summed E-state index contributed by atoms with van der Waals surface area (Å²) in [6, 6.07) is 6.97. The molecule has 0 aliphatic rings. The summed E-state index contributed by atoms with van der Waals surface area (Å²) in [6.07, 6.45) is 1.48. The van der Waals surface area contributed by atoms with Gasteiger partial charge in [0.05, 0.1) is 5.56 Å². The molecule has 1 N–H and O–H groups in total. The molecule has 0 atom stereocenters. The number of hydrogen-bond acceptors (Lipinski definition) is 4. The minimum Gasteiger partial charge on any atom is -0.478 e. The van der Waals surface area contributed by atoms with Gasteiger partial charge >= 0.3 is 5.97 Å². The quantitative estimate of drug-likeness (QED) is 0.837. The Balaban J connectivity index is 2.14. The van der Waals surface area contributed by atoms with Gasteiger partial charge in [0.2, 0.25) is 0 Å². The molecule has 0 radical (unpaired) electrons. The third kappa shape index (κ3) is 2.65. The van der Waals surface area contributed by atoms with Gasteiger partial charge in [0.1, 0.15) is 6.33 Å². The maximum Gasteiger partial charge on any atom is 0.335 e. The smallest absolute Gasteiger partial charge is 0.335 e. The van der Waals surface area contributed by atoms with E-state index in [0.717, 1.165) is 10.7 Å². The average Bonchev–Trinajstić information content (AvgIpc) is 2.72. The summed E-state index contributed by atoms with van der Waals surface area (Å²) in [5.41, 5.74) is 1.12. The first-order valence-electron chi connectivity index (χ1n) is 4.96. The number of carboxylic acid groups (broad SMARTS) is 1. The van der Waals surface area contributed by atoms with Crippen molar-refractivity contribution in [1.29, 1.82) is 0 Å². The molecule has 0 aliphatic heterocycles. The molecule has 1 heterocycles. The van der Waals surface area contributed by atoms with Crippen LogP contribution in [0.15, 0.2) is 35.7 Å². The highest BCUT2D eigenvalue weighted by atomic mass is 32.2. The second-order valence-electron chi connectivity index (χ2n) is 3.42. The molecule has 1 aromatic heterocycles. The molecule has 0 unspecified atom stereocenters. The Bertz CT molecular complexity index is 539. The van der Waals surface area contributed by atoms with Crippen molar-refractivity contribution in [2.45, 2.75) is 10.9 Å². The molecule has 0 saturated carbocycles. The number of carboxylic acids is 1. The first-order valence-corrected chi connectivity index (χ1v) is 5.95. The fourth-order valence-corrected chi connectivity index (χ4v) is 2.31. The molecule has 0 saturated heterocycles. The third-order valence-corrected chi connectivity index (χ3v) is 3.36. The van der Waals surface area contributed by atoms with Crippen molar-refractivity contribution < 1.29 is 9.90 Å². The van der Waals surface area contributed by atoms with Gasteiger partial charge in [0.15, 0.2) is 5.16 Å². The fraction of sp³-hybridized carbons (Fsp3) is 0.182. The van der Waals surface area contributed by atoms with Crippen LogP contribution in [0.2, 0.25) is 0 Å². The Morgan fingerprint density at radius 1 is 1.47 bits per heavy atom. The highest BCUT2D eigenvalue weighted by Crippen LogP contribution is 2.22. The third-order valence-electron chi connectivity index (χ3n) is 2.27. The van der Waals surface area contributed by atoms with Gasteiger partial charge < -0.3 is 5.11 Å². The lowest BCUT2D eigenvalue weighted by Gasteiger charge is -2.04. The van der Waals surface area contributed by atoms with Crippen LogP contribution >= 0.6 is 11.8 Å². The van der Waals surface area contributed by atoms with E-state index in [1.165, 1.54) is 18.1 Å². The van der Waals surface area contributed by atoms with Crippen LogP contribution in [0.1, 0.15) is 15.9 Å². The molecule has 17 heavy (non-hydrogen) atoms. The van der Waals surface area contributed by atoms with Gasteiger partial charge in [-0.3, -0.25) is 0 Å². The number of aromatic nitrogens is 3. The Kier molecular flexibility index (Phi) is 3.43. The van der Waals surface area contributed by atoms with Crippen LogP contribution in [0, 0.1) is 0 Å². The minimum absolute atomic E-state index is 0.335. The van der Waals surface area contributed by atoms with Gasteiger partial charge in [-0.25, -0.2) is 14.5 Å². The molecular weight excluding hydrogens is 238 g/mol. The van der Waals surface area contributed by atoms with E-state index in [0.29, 0.717) is 11.3 Å². The number of aryl methyl sites for hydroxylation is 1. The number of aromatic carboxylic acids is 1. The molecular formula is C11H11N3O2S. The number of nitrogens with zero attached hydrogens (tertiary/aromatic N) is 3. The average molecular weight is 249 g/mol. The Morgan fingerprint density at radius 3 is 2.88 bits per heavy atom. The first kappa shape index (κ1) is 11.7. The number of carbonyl (C=O) groups is 1. The fourth-order valence-electron chi connectivity index (χ4n) is 1.41. The zero-order valence-corrected chi connectivity index (χ0v) is 10.0. The Morgan fingerprint density at radius 2 is 2.24 bits per heavy atom. The molecule has 0 amide bonds. The van der Waals surface area contributed by atoms with Crippen LogP contribution in [0.4, 0.5) is 0 Å². The molecule has 0 aliphatic carbocycles. The maximum atomic E-state index is 11.0. The van der Waals surface area contributed by atoms with E-state index in [9.17, 15) is 4.79 Å². The molecule has 5 nitrogen and oxygen atoms in total. The highest BCUT2D eigenvalue weighted by Gasteiger charge is 2.10. The van der Waals surface area contributed by atoms with Gasteiger partial charge in [-0.1, -0.05) is 30.0 Å². The van der Waals surface area contributed by atoms with Gasteiger partial charge in [-0.05, 0) is 11.6 Å². The number of hydrogen-bond donors (Lipinski definition) is 1. The van der Waals surface area contributed by atoms with Crippen molar-refractivity contribution in [3.63, 3.8) is 0 Å². The second-order valence-corrected chi connectivity index (χ2v) is 4.36. The first-order chi connectivity index (χ1) is 8.18. The largest absolute Gasteiger partial charge is 0.478 e. The zero-order chi connectivity index (χ0) is 12.3. The summed E-state index contributed by atoms with van der Waals surface area (Å²) in [5, 5.41) is 13.8. The van der Waals surface area contributed by atoms with Crippen LogP contribution in [0.25, 0.3) is 0 Å². The van der Waals surface area contributed by atoms with Crippen molar-refractivity contribution in [1.82, 2.24) is 14.8 Å². The van der Waals surface area contributed by atoms with E-state index in [4.69, 9.17) is 5.11 Å². The van der Waals surface area contributed by atoms with Crippen LogP contribution in [-0.2, 0) is 12.8 Å². The van der Waals surface area contributed by atoms with Crippen LogP contribution < -0.4 is 0 Å². The lowest BCUT2D eigenvalue weighted by atomic mass is 10.1. The van der Waals surface area contributed by atoms with Crippen molar-refractivity contribution in [3.05, 3.63) is 41.7 Å². The van der Waals surface area contributed by atoms with E-state index < -0.39 is 5.97 Å². The Labute approximate surface area is 102 Å². The summed E-state index contributed by atoms with van der Waals surface area (Å²) in [4.78, 5) is 15.1. The lowest BCUT2D eigenvalue weighted by Crippen LogP contribution is -2.01. The van der Waals surface area contributed by atoms with Gasteiger partial charge in [-0.15, -0.1) is 0 Å². The number of rotatable bonds is 4. The summed E-state index contributed by atoms with van der Waals surface area (Å²) in [5.74, 6) is -0.339. The minimum atomic E-state index is -0.904. The standard InChI is InChI=1S/C11H11N3O2S/c1-14-11(12-7-13-14)17-6-8-4-2-3-5-9(8)10(15)16/h2-5,7H,6H2,1H3,(H,15,16). The van der Waals surface area contributed by atoms with Crippen molar-refractivity contribution in [2.24, 2.45) is 7.05 Å². The van der Waals surface area contributed by atoms with Crippen LogP contribution in [0.3, 0.4) is 0 Å². The van der Waals surface area contributed by atoms with E-state index in [1.54, 1.807) is 23.9 Å². The molecule has 6 heteroatoms. The second kappa shape index (κ2) is 5.01. The van der Waals surface area contributed by atoms with E-state index in [1.807, 2.05) is 12.1 Å². The summed E-state index contributed by atoms with van der Waals surface area (Å²) in [7, 11) is 1.80. The normalized spacial score (nSPS) is 10.4. The molecule has 2 rings (SSSR count). The highest BCUT2D eigenvalue weighted by molar-refractivity contribution is 7.98. The SMILES string of the molecule is Cn1ncnc1SCc1ccccc1C(=O)O. The number of thioether (sulfide) groups is 1. The topological polar surface area (TPSA) is 68.0 Å². The van der Waals surface area contributed by atoms with E-state index in [2.05, 4.69) is 10.1 Å². The monoisotopic (exact) mass is 249 g/mol. The van der Waals surface area contributed by atoms with Gasteiger partial charge in [-0.2, -0.15) is 5.10 Å². The summed E-state index contributed by atoms with van der Waals surface area (Å²) >= 11 is 1.46. The molecule has 0 bridgehead atoms. The molecule has 0 spiro atoms. The molecule has 88 valence electrons. The van der Waals surface area contributed by atoms with Gasteiger partial charge in [0, 0.05) is 12.8 Å². The van der Waals surface area contributed by atoms with E-state index in [-0.39, 0.29) is 0 Å². The predicted molar refractivity (Wildman–Crippen MR) is 64.0 cm³/mol. The van der Waals surface area contributed by atoms with E-state index >= 15 is 0 Å². The molecule has 2 aromatic rings. The predicted octanol–water partition coefficient (Wildman–Crippen LogP) is 1.81. The molecule has 0 fully saturated rings. The van der Waals surface area contributed by atoms with Crippen molar-refractivity contribution >= 4 is 17.7 Å². The van der Waals surface area contributed by atoms with Crippen LogP contribution in [-0.4, -0.2) is 25.8 Å². The van der Waals surface area contributed by atoms with Gasteiger partial charge in [0.25, 0.3) is 0 Å². The van der Waals surface area contributed by atoms with Crippen molar-refractivity contribution in [2.75, 3.05) is 0 Å². The number of benzene rings is 1. The van der Waals surface area contributed by atoms with Crippen molar-refractivity contribution in [3.8, 4) is 0 Å². The maximum absolute atomic E-state index is 11.0. The van der Waals surface area contributed by atoms with Crippen LogP contribution in [0.5, 0.6) is 0 Å². The summed E-state index contributed by atoms with van der Waals surface area (Å²) < 4.78 is 1.66. The molecule has 1 aromatic carbocycles. The lowest BCUT2D eigenvalue weighted by molar-refractivity contribution is 0.0696. The Hall–Kier alpha value is -1.82.